The second-order valence-electron chi connectivity index (χ2n) is 7.06. The van der Waals surface area contributed by atoms with E-state index in [1.54, 1.807) is 6.92 Å². The average molecular weight is 428 g/mol. The van der Waals surface area contributed by atoms with Gasteiger partial charge < -0.3 is 10.1 Å². The predicted octanol–water partition coefficient (Wildman–Crippen LogP) is 3.20. The Bertz CT molecular complexity index is 1130. The van der Waals surface area contributed by atoms with Crippen LogP contribution in [0.15, 0.2) is 34.7 Å². The molecule has 7 nitrogen and oxygen atoms in total. The summed E-state index contributed by atoms with van der Waals surface area (Å²) in [5.74, 6) is -0.584. The second-order valence-corrected chi connectivity index (χ2v) is 7.92. The maximum absolute atomic E-state index is 13.1. The first-order chi connectivity index (χ1) is 14.4. The fourth-order valence-electron chi connectivity index (χ4n) is 3.11. The van der Waals surface area contributed by atoms with E-state index in [9.17, 15) is 14.4 Å². The highest BCUT2D eigenvalue weighted by Crippen LogP contribution is 2.31. The van der Waals surface area contributed by atoms with Gasteiger partial charge in [-0.25, -0.2) is 4.98 Å². The summed E-state index contributed by atoms with van der Waals surface area (Å²) in [5.41, 5.74) is 3.90. The Morgan fingerprint density at radius 1 is 1.23 bits per heavy atom. The van der Waals surface area contributed by atoms with Gasteiger partial charge in [-0.3, -0.25) is 19.0 Å². The molecule has 0 aliphatic carbocycles. The lowest BCUT2D eigenvalue weighted by Crippen LogP contribution is -2.33. The summed E-state index contributed by atoms with van der Waals surface area (Å²) in [6, 6.07) is 6.09. The molecule has 1 aromatic carbocycles. The lowest BCUT2D eigenvalue weighted by atomic mass is 10.0. The Kier molecular flexibility index (Phi) is 6.99. The first-order valence-electron chi connectivity index (χ1n) is 9.87. The molecule has 3 aromatic rings. The van der Waals surface area contributed by atoms with Crippen molar-refractivity contribution >= 4 is 33.4 Å². The fourth-order valence-corrected chi connectivity index (χ4v) is 4.01. The van der Waals surface area contributed by atoms with Gasteiger partial charge in [-0.05, 0) is 43.9 Å². The molecule has 30 heavy (non-hydrogen) atoms. The van der Waals surface area contributed by atoms with Gasteiger partial charge in [0.2, 0.25) is 5.91 Å². The molecule has 0 fully saturated rings. The molecule has 0 bridgehead atoms. The van der Waals surface area contributed by atoms with E-state index in [1.807, 2.05) is 31.4 Å². The number of thiophene rings is 1. The minimum atomic E-state index is -0.301. The molecule has 0 spiro atoms. The number of amides is 1. The second kappa shape index (κ2) is 9.67. The smallest absolute Gasteiger partial charge is 0.305 e. The number of esters is 1. The van der Waals surface area contributed by atoms with Gasteiger partial charge in [-0.2, -0.15) is 0 Å². The molecular formula is C22H25N3O4S. The number of hydrogen-bond acceptors (Lipinski definition) is 6. The molecule has 2 aromatic heterocycles. The van der Waals surface area contributed by atoms with Crippen LogP contribution in [0.5, 0.6) is 0 Å². The van der Waals surface area contributed by atoms with E-state index in [2.05, 4.69) is 16.4 Å². The van der Waals surface area contributed by atoms with Gasteiger partial charge in [0.05, 0.1) is 18.3 Å². The Hall–Kier alpha value is -3.00. The number of aryl methyl sites for hydroxylation is 2. The summed E-state index contributed by atoms with van der Waals surface area (Å²) < 4.78 is 6.17. The van der Waals surface area contributed by atoms with Crippen LogP contribution < -0.4 is 10.9 Å². The minimum Gasteiger partial charge on any atom is -0.466 e. The van der Waals surface area contributed by atoms with E-state index in [0.29, 0.717) is 29.8 Å². The normalized spacial score (nSPS) is 10.9. The highest BCUT2D eigenvalue weighted by Gasteiger charge is 2.15. The van der Waals surface area contributed by atoms with Gasteiger partial charge in [-0.15, -0.1) is 11.3 Å². The van der Waals surface area contributed by atoms with Crippen LogP contribution in [0.4, 0.5) is 0 Å². The van der Waals surface area contributed by atoms with Crippen LogP contribution in [0.2, 0.25) is 0 Å². The number of aromatic nitrogens is 2. The van der Waals surface area contributed by atoms with Crippen molar-refractivity contribution in [3.05, 3.63) is 51.4 Å². The number of carbonyl (C=O) groups is 2. The van der Waals surface area contributed by atoms with Crippen molar-refractivity contribution in [2.75, 3.05) is 13.2 Å². The molecule has 0 saturated carbocycles. The molecule has 0 atom stereocenters. The zero-order chi connectivity index (χ0) is 21.7. The summed E-state index contributed by atoms with van der Waals surface area (Å²) in [5, 5.41) is 5.19. The van der Waals surface area contributed by atoms with E-state index in [1.165, 1.54) is 27.8 Å². The molecule has 158 valence electrons. The fraction of sp³-hybridized carbons (Fsp3) is 0.364. The average Bonchev–Trinajstić information content (AvgIpc) is 3.15. The number of nitrogens with one attached hydrogen (secondary N) is 1. The summed E-state index contributed by atoms with van der Waals surface area (Å²) in [6.45, 7) is 6.40. The van der Waals surface area contributed by atoms with E-state index in [4.69, 9.17) is 4.74 Å². The van der Waals surface area contributed by atoms with Gasteiger partial charge >= 0.3 is 5.97 Å². The summed E-state index contributed by atoms with van der Waals surface area (Å²) in [4.78, 5) is 41.6. The molecule has 0 unspecified atom stereocenters. The number of fused-ring (bicyclic) bond motifs is 1. The zero-order valence-corrected chi connectivity index (χ0v) is 18.2. The minimum absolute atomic E-state index is 0.122. The molecule has 3 rings (SSSR count). The molecule has 2 heterocycles. The Balaban J connectivity index is 1.74. The van der Waals surface area contributed by atoms with E-state index in [0.717, 1.165) is 16.7 Å². The van der Waals surface area contributed by atoms with Crippen LogP contribution in [0, 0.1) is 13.8 Å². The third-order valence-electron chi connectivity index (χ3n) is 4.88. The molecule has 1 N–H and O–H groups in total. The monoisotopic (exact) mass is 427 g/mol. The highest BCUT2D eigenvalue weighted by atomic mass is 32.1. The number of ether oxygens (including phenoxy) is 1. The molecule has 0 aliphatic heterocycles. The van der Waals surface area contributed by atoms with Gasteiger partial charge in [0, 0.05) is 23.9 Å². The quantitative estimate of drug-likeness (QED) is 0.440. The van der Waals surface area contributed by atoms with E-state index < -0.39 is 0 Å². The number of carbonyl (C=O) groups excluding carboxylic acids is 2. The van der Waals surface area contributed by atoms with Gasteiger partial charge in [0.15, 0.2) is 0 Å². The van der Waals surface area contributed by atoms with Gasteiger partial charge in [-0.1, -0.05) is 18.2 Å². The lowest BCUT2D eigenvalue weighted by Gasteiger charge is -2.08. The first kappa shape index (κ1) is 21.7. The maximum atomic E-state index is 13.1. The molecule has 1 amide bonds. The summed E-state index contributed by atoms with van der Waals surface area (Å²) in [7, 11) is 0. The lowest BCUT2D eigenvalue weighted by molar-refractivity contribution is -0.143. The number of nitrogens with zero attached hydrogens (tertiary/aromatic N) is 2. The molecule has 8 heteroatoms. The Labute approximate surface area is 178 Å². The topological polar surface area (TPSA) is 90.3 Å². The standard InChI is InChI=1S/C22H25N3O4S/c1-4-29-19(27)6-5-9-23-18(26)11-25-13-24-21-20(22(25)28)17(12-30-21)16-8-7-14(2)15(3)10-16/h7-8,10,12-13H,4-6,9,11H2,1-3H3,(H,23,26). The molecule has 0 saturated heterocycles. The van der Waals surface area contributed by atoms with Crippen molar-refractivity contribution in [3.63, 3.8) is 0 Å². The van der Waals surface area contributed by atoms with Crippen LogP contribution in [-0.4, -0.2) is 34.6 Å². The van der Waals surface area contributed by atoms with Crippen molar-refractivity contribution in [3.8, 4) is 11.1 Å². The molecular weight excluding hydrogens is 402 g/mol. The first-order valence-corrected chi connectivity index (χ1v) is 10.7. The van der Waals surface area contributed by atoms with Crippen LogP contribution >= 0.6 is 11.3 Å². The Morgan fingerprint density at radius 3 is 2.77 bits per heavy atom. The number of hydrogen-bond donors (Lipinski definition) is 1. The van der Waals surface area contributed by atoms with Crippen LogP contribution in [0.25, 0.3) is 21.3 Å². The van der Waals surface area contributed by atoms with Crippen LogP contribution in [-0.2, 0) is 20.9 Å². The van der Waals surface area contributed by atoms with Crippen LogP contribution in [0.3, 0.4) is 0 Å². The van der Waals surface area contributed by atoms with Crippen molar-refractivity contribution in [2.24, 2.45) is 0 Å². The molecule has 0 aliphatic rings. The Morgan fingerprint density at radius 2 is 2.03 bits per heavy atom. The van der Waals surface area contributed by atoms with E-state index >= 15 is 0 Å². The van der Waals surface area contributed by atoms with Gasteiger partial charge in [0.25, 0.3) is 5.56 Å². The van der Waals surface area contributed by atoms with Crippen molar-refractivity contribution < 1.29 is 14.3 Å². The third kappa shape index (κ3) is 4.94. The predicted molar refractivity (Wildman–Crippen MR) is 118 cm³/mol. The maximum Gasteiger partial charge on any atom is 0.305 e. The van der Waals surface area contributed by atoms with Crippen molar-refractivity contribution in [1.82, 2.24) is 14.9 Å². The summed E-state index contributed by atoms with van der Waals surface area (Å²) >= 11 is 1.42. The number of rotatable bonds is 8. The largest absolute Gasteiger partial charge is 0.466 e. The summed E-state index contributed by atoms with van der Waals surface area (Å²) in [6.07, 6.45) is 2.14. The highest BCUT2D eigenvalue weighted by molar-refractivity contribution is 7.17. The number of benzene rings is 1. The molecule has 0 radical (unpaired) electrons. The van der Waals surface area contributed by atoms with E-state index in [-0.39, 0.29) is 30.4 Å². The van der Waals surface area contributed by atoms with Crippen LogP contribution in [0.1, 0.15) is 30.9 Å². The zero-order valence-electron chi connectivity index (χ0n) is 17.4. The van der Waals surface area contributed by atoms with Gasteiger partial charge in [0.1, 0.15) is 11.4 Å². The third-order valence-corrected chi connectivity index (χ3v) is 5.76. The van der Waals surface area contributed by atoms with Crippen molar-refractivity contribution in [2.45, 2.75) is 40.2 Å². The van der Waals surface area contributed by atoms with Crippen molar-refractivity contribution in [1.29, 1.82) is 0 Å². The SMILES string of the molecule is CCOC(=O)CCCNC(=O)Cn1cnc2scc(-c3ccc(C)c(C)c3)c2c1=O.